The first-order valence-electron chi connectivity index (χ1n) is 10.4. The van der Waals surface area contributed by atoms with Gasteiger partial charge in [-0.05, 0) is 44.7 Å². The van der Waals surface area contributed by atoms with E-state index in [2.05, 4.69) is 15.3 Å². The van der Waals surface area contributed by atoms with Crippen molar-refractivity contribution in [3.8, 4) is 0 Å². The number of para-hydroxylation sites is 1. The van der Waals surface area contributed by atoms with Crippen LogP contribution in [0.5, 0.6) is 0 Å². The number of hydrogen-bond donors (Lipinski definition) is 1. The zero-order valence-electron chi connectivity index (χ0n) is 17.1. The summed E-state index contributed by atoms with van der Waals surface area (Å²) in [6.07, 6.45) is 5.60. The normalized spacial score (nSPS) is 20.9. The van der Waals surface area contributed by atoms with Gasteiger partial charge in [0.25, 0.3) is 16.1 Å². The molecule has 4 rings (SSSR count). The Kier molecular flexibility index (Phi) is 6.12. The zero-order valence-corrected chi connectivity index (χ0v) is 17.9. The van der Waals surface area contributed by atoms with Crippen LogP contribution in [-0.2, 0) is 10.2 Å². The molecule has 9 heteroatoms. The fourth-order valence-electron chi connectivity index (χ4n) is 4.16. The number of carbonyl (C=O) groups excluding carboxylic acids is 1. The average Bonchev–Trinajstić information content (AvgIpc) is 3.30. The van der Waals surface area contributed by atoms with Crippen LogP contribution in [-0.4, -0.2) is 52.5 Å². The topological polar surface area (TPSA) is 95.5 Å². The van der Waals surface area contributed by atoms with Gasteiger partial charge in [-0.2, -0.15) is 17.0 Å². The first-order chi connectivity index (χ1) is 14.5. The lowest BCUT2D eigenvalue weighted by molar-refractivity contribution is 0.102. The number of amides is 1. The van der Waals surface area contributed by atoms with Gasteiger partial charge in [0, 0.05) is 31.5 Å². The highest BCUT2D eigenvalue weighted by Gasteiger charge is 2.40. The molecule has 30 heavy (non-hydrogen) atoms. The highest BCUT2D eigenvalue weighted by molar-refractivity contribution is 7.86. The molecule has 2 saturated heterocycles. The highest BCUT2D eigenvalue weighted by atomic mass is 32.2. The number of nitrogens with one attached hydrogen (secondary N) is 1. The van der Waals surface area contributed by atoms with Crippen molar-refractivity contribution in [2.75, 3.05) is 25.0 Å². The molecule has 1 N–H and O–H groups in total. The second kappa shape index (κ2) is 8.79. The van der Waals surface area contributed by atoms with Crippen LogP contribution < -0.4 is 5.32 Å². The summed E-state index contributed by atoms with van der Waals surface area (Å²) in [5.74, 6) is 0.186. The lowest BCUT2D eigenvalue weighted by Crippen LogP contribution is -2.47. The van der Waals surface area contributed by atoms with Gasteiger partial charge < -0.3 is 5.32 Å². The van der Waals surface area contributed by atoms with E-state index in [4.69, 9.17) is 0 Å². The molecule has 8 nitrogen and oxygen atoms in total. The second-order valence-electron chi connectivity index (χ2n) is 7.77. The van der Waals surface area contributed by atoms with E-state index in [1.54, 1.807) is 27.7 Å². The Labute approximate surface area is 177 Å². The number of carbonyl (C=O) groups is 1. The van der Waals surface area contributed by atoms with E-state index in [9.17, 15) is 13.2 Å². The quantitative estimate of drug-likeness (QED) is 0.788. The van der Waals surface area contributed by atoms with Crippen LogP contribution in [0.25, 0.3) is 0 Å². The van der Waals surface area contributed by atoms with E-state index < -0.39 is 16.3 Å². The van der Waals surface area contributed by atoms with Gasteiger partial charge in [-0.25, -0.2) is 9.97 Å². The van der Waals surface area contributed by atoms with Crippen molar-refractivity contribution < 1.29 is 13.2 Å². The van der Waals surface area contributed by atoms with E-state index in [1.807, 2.05) is 18.2 Å². The minimum absolute atomic E-state index is 0.318. The minimum Gasteiger partial charge on any atom is -0.322 e. The van der Waals surface area contributed by atoms with Gasteiger partial charge in [-0.3, -0.25) is 4.79 Å². The summed E-state index contributed by atoms with van der Waals surface area (Å²) in [5.41, 5.74) is 1.47. The third kappa shape index (κ3) is 4.23. The SMILES string of the molecule is Cc1ncc(C(=O)Nc2ccccc2)c(C2CCCCN2S(=O)(=O)N2CCCC2)n1. The van der Waals surface area contributed by atoms with E-state index in [0.29, 0.717) is 48.8 Å². The molecular formula is C21H27N5O3S. The summed E-state index contributed by atoms with van der Waals surface area (Å²) >= 11 is 0. The van der Waals surface area contributed by atoms with Crippen LogP contribution >= 0.6 is 0 Å². The van der Waals surface area contributed by atoms with Crippen molar-refractivity contribution in [2.45, 2.75) is 45.1 Å². The molecule has 0 spiro atoms. The third-order valence-electron chi connectivity index (χ3n) is 5.67. The average molecular weight is 430 g/mol. The van der Waals surface area contributed by atoms with Crippen LogP contribution in [0, 0.1) is 6.92 Å². The van der Waals surface area contributed by atoms with Crippen LogP contribution in [0.15, 0.2) is 36.5 Å². The summed E-state index contributed by atoms with van der Waals surface area (Å²) in [7, 11) is -3.60. The van der Waals surface area contributed by atoms with E-state index in [0.717, 1.165) is 25.7 Å². The van der Waals surface area contributed by atoms with E-state index >= 15 is 0 Å². The standard InChI is InChI=1S/C21H27N5O3S/c1-16-22-15-18(21(27)24-17-9-3-2-4-10-17)20(23-16)19-11-5-6-14-26(19)30(28,29)25-12-7-8-13-25/h2-4,9-10,15,19H,5-8,11-14H2,1H3,(H,24,27). The Morgan fingerprint density at radius 3 is 2.50 bits per heavy atom. The molecule has 2 aromatic rings. The van der Waals surface area contributed by atoms with Gasteiger partial charge >= 0.3 is 0 Å². The Morgan fingerprint density at radius 1 is 1.07 bits per heavy atom. The number of aromatic nitrogens is 2. The molecule has 0 bridgehead atoms. The number of benzene rings is 1. The molecule has 160 valence electrons. The summed E-state index contributed by atoms with van der Waals surface area (Å²) in [4.78, 5) is 21.8. The molecule has 1 unspecified atom stereocenters. The molecule has 0 saturated carbocycles. The maximum absolute atomic E-state index is 13.3. The van der Waals surface area contributed by atoms with Gasteiger partial charge in [0.05, 0.1) is 17.3 Å². The number of hydrogen-bond acceptors (Lipinski definition) is 5. The van der Waals surface area contributed by atoms with Gasteiger partial charge in [0.2, 0.25) is 0 Å². The first-order valence-corrected chi connectivity index (χ1v) is 11.8. The van der Waals surface area contributed by atoms with Gasteiger partial charge in [0.15, 0.2) is 0 Å². The largest absolute Gasteiger partial charge is 0.322 e. The Morgan fingerprint density at radius 2 is 1.77 bits per heavy atom. The summed E-state index contributed by atoms with van der Waals surface area (Å²) < 4.78 is 29.8. The number of anilines is 1. The molecule has 3 heterocycles. The van der Waals surface area contributed by atoms with Gasteiger partial charge in [-0.1, -0.05) is 24.6 Å². The second-order valence-corrected chi connectivity index (χ2v) is 9.65. The number of aryl methyl sites for hydroxylation is 1. The molecule has 2 aliphatic rings. The van der Waals surface area contributed by atoms with Crippen molar-refractivity contribution in [3.63, 3.8) is 0 Å². The van der Waals surface area contributed by atoms with Crippen molar-refractivity contribution in [2.24, 2.45) is 0 Å². The fraction of sp³-hybridized carbons (Fsp3) is 0.476. The molecule has 1 atom stereocenters. The lowest BCUT2D eigenvalue weighted by atomic mass is 9.98. The lowest BCUT2D eigenvalue weighted by Gasteiger charge is -2.37. The van der Waals surface area contributed by atoms with Crippen molar-refractivity contribution >= 4 is 21.8 Å². The fourth-order valence-corrected chi connectivity index (χ4v) is 6.06. The molecule has 0 aliphatic carbocycles. The van der Waals surface area contributed by atoms with Crippen molar-refractivity contribution in [1.29, 1.82) is 0 Å². The van der Waals surface area contributed by atoms with E-state index in [1.165, 1.54) is 6.20 Å². The zero-order chi connectivity index (χ0) is 21.1. The van der Waals surface area contributed by atoms with Crippen LogP contribution in [0.3, 0.4) is 0 Å². The number of rotatable bonds is 5. The molecule has 1 aromatic heterocycles. The Hall–Kier alpha value is -2.36. The Bertz CT molecular complexity index is 1010. The van der Waals surface area contributed by atoms with Crippen LogP contribution in [0.4, 0.5) is 5.69 Å². The Balaban J connectivity index is 1.69. The minimum atomic E-state index is -3.60. The molecular weight excluding hydrogens is 402 g/mol. The van der Waals surface area contributed by atoms with Crippen LogP contribution in [0.1, 0.15) is 60.0 Å². The predicted octanol–water partition coefficient (Wildman–Crippen LogP) is 2.90. The molecule has 1 aromatic carbocycles. The smallest absolute Gasteiger partial charge is 0.282 e. The summed E-state index contributed by atoms with van der Waals surface area (Å²) in [6, 6.07) is 8.69. The van der Waals surface area contributed by atoms with E-state index in [-0.39, 0.29) is 5.91 Å². The number of nitrogens with zero attached hydrogens (tertiary/aromatic N) is 4. The maximum atomic E-state index is 13.3. The number of piperidine rings is 1. The first kappa shape index (κ1) is 20.9. The molecule has 0 radical (unpaired) electrons. The summed E-state index contributed by atoms with van der Waals surface area (Å²) in [6.45, 7) is 3.29. The van der Waals surface area contributed by atoms with Crippen molar-refractivity contribution in [1.82, 2.24) is 18.6 Å². The van der Waals surface area contributed by atoms with Crippen molar-refractivity contribution in [3.05, 3.63) is 53.6 Å². The predicted molar refractivity (Wildman–Crippen MR) is 114 cm³/mol. The highest BCUT2D eigenvalue weighted by Crippen LogP contribution is 2.35. The summed E-state index contributed by atoms with van der Waals surface area (Å²) in [5, 5.41) is 2.87. The molecule has 1 amide bonds. The monoisotopic (exact) mass is 429 g/mol. The van der Waals surface area contributed by atoms with Crippen LogP contribution in [0.2, 0.25) is 0 Å². The van der Waals surface area contributed by atoms with Gasteiger partial charge in [0.1, 0.15) is 5.82 Å². The third-order valence-corrected chi connectivity index (χ3v) is 7.72. The molecule has 2 aliphatic heterocycles. The maximum Gasteiger partial charge on any atom is 0.282 e. The van der Waals surface area contributed by atoms with Gasteiger partial charge in [-0.15, -0.1) is 0 Å². The molecule has 2 fully saturated rings.